The Morgan fingerprint density at radius 1 is 1.13 bits per heavy atom. The summed E-state index contributed by atoms with van der Waals surface area (Å²) in [6.45, 7) is 5.06. The molecule has 0 fully saturated rings. The van der Waals surface area contributed by atoms with Gasteiger partial charge in [-0.05, 0) is 57.2 Å². The second kappa shape index (κ2) is 8.81. The molecule has 2 aromatic heterocycles. The van der Waals surface area contributed by atoms with Gasteiger partial charge in [0.25, 0.3) is 5.91 Å². The predicted octanol–water partition coefficient (Wildman–Crippen LogP) is 4.51. The van der Waals surface area contributed by atoms with Crippen LogP contribution in [0.15, 0.2) is 36.4 Å². The Morgan fingerprint density at radius 2 is 1.87 bits per heavy atom. The lowest BCUT2D eigenvalue weighted by atomic mass is 10.3. The quantitative estimate of drug-likeness (QED) is 0.577. The van der Waals surface area contributed by atoms with Crippen LogP contribution in [0, 0.1) is 19.7 Å². The molecule has 156 valence electrons. The molecule has 0 radical (unpaired) electrons. The summed E-state index contributed by atoms with van der Waals surface area (Å²) in [5, 5.41) is 6.88. The van der Waals surface area contributed by atoms with Crippen LogP contribution in [0.3, 0.4) is 0 Å². The van der Waals surface area contributed by atoms with Gasteiger partial charge in [-0.25, -0.2) is 18.9 Å². The molecule has 3 aromatic rings. The molecule has 1 atom stereocenters. The normalized spacial score (nSPS) is 11.8. The van der Waals surface area contributed by atoms with E-state index in [1.807, 2.05) is 19.9 Å². The Kier molecular flexibility index (Phi) is 6.38. The summed E-state index contributed by atoms with van der Waals surface area (Å²) in [5.41, 5.74) is 1.65. The maximum atomic E-state index is 13.1. The number of amides is 1. The molecule has 0 aliphatic rings. The molecule has 1 N–H and O–H groups in total. The monoisotopic (exact) mass is 450 g/mol. The number of aryl methyl sites for hydroxylation is 2. The van der Waals surface area contributed by atoms with Crippen molar-refractivity contribution in [3.05, 3.63) is 69.3 Å². The molecule has 0 spiro atoms. The van der Waals surface area contributed by atoms with E-state index in [0.29, 0.717) is 5.82 Å². The zero-order valence-electron chi connectivity index (χ0n) is 16.2. The van der Waals surface area contributed by atoms with Gasteiger partial charge in [0.2, 0.25) is 0 Å². The highest BCUT2D eigenvalue weighted by atomic mass is 35.5. The number of rotatable bonds is 5. The summed E-state index contributed by atoms with van der Waals surface area (Å²) >= 11 is 12.0. The van der Waals surface area contributed by atoms with Gasteiger partial charge in [-0.15, -0.1) is 0 Å². The highest BCUT2D eigenvalue weighted by Gasteiger charge is 2.23. The molecule has 0 bridgehead atoms. The average molecular weight is 451 g/mol. The van der Waals surface area contributed by atoms with Crippen molar-refractivity contribution in [1.29, 1.82) is 0 Å². The first-order valence-corrected chi connectivity index (χ1v) is 9.58. The Bertz CT molecular complexity index is 1130. The molecule has 1 aromatic carbocycles. The Balaban J connectivity index is 1.75. The molecule has 1 unspecified atom stereocenters. The average Bonchev–Trinajstić information content (AvgIpc) is 3.02. The lowest BCUT2D eigenvalue weighted by Gasteiger charge is -2.15. The lowest BCUT2D eigenvalue weighted by molar-refractivity contribution is -0.123. The fourth-order valence-electron chi connectivity index (χ4n) is 2.65. The molecule has 0 aliphatic heterocycles. The molecule has 1 amide bonds. The number of hydrogen-bond donors (Lipinski definition) is 1. The maximum Gasteiger partial charge on any atom is 0.359 e. The molecule has 0 saturated carbocycles. The van der Waals surface area contributed by atoms with Crippen molar-refractivity contribution in [3.8, 4) is 5.82 Å². The van der Waals surface area contributed by atoms with Crippen LogP contribution < -0.4 is 5.32 Å². The molecule has 7 nitrogen and oxygen atoms in total. The first kappa shape index (κ1) is 21.7. The molecule has 3 rings (SSSR count). The summed E-state index contributed by atoms with van der Waals surface area (Å²) in [6, 6.07) is 8.49. The zero-order chi connectivity index (χ0) is 22.0. The second-order valence-electron chi connectivity index (χ2n) is 6.50. The third kappa shape index (κ3) is 4.77. The third-order valence-corrected chi connectivity index (χ3v) is 4.71. The fourth-order valence-corrected chi connectivity index (χ4v) is 3.05. The number of nitrogens with zero attached hydrogens (tertiary/aromatic N) is 3. The van der Waals surface area contributed by atoms with Gasteiger partial charge in [0.05, 0.1) is 21.4 Å². The zero-order valence-corrected chi connectivity index (χ0v) is 17.8. The number of pyridine rings is 1. The second-order valence-corrected chi connectivity index (χ2v) is 7.31. The van der Waals surface area contributed by atoms with E-state index in [9.17, 15) is 14.0 Å². The number of hydrogen-bond acceptors (Lipinski definition) is 5. The SMILES string of the molecule is Cc1cc(C)n(-c2ccc(Cl)c(C(=O)OC(C)C(=O)Nc3ccc(F)cc3Cl)n2)n1. The van der Waals surface area contributed by atoms with E-state index >= 15 is 0 Å². The topological polar surface area (TPSA) is 86.1 Å². The number of aromatic nitrogens is 3. The summed E-state index contributed by atoms with van der Waals surface area (Å²) in [5.74, 6) is -1.69. The summed E-state index contributed by atoms with van der Waals surface area (Å²) < 4.78 is 19.9. The van der Waals surface area contributed by atoms with E-state index < -0.39 is 23.8 Å². The molecule has 0 saturated heterocycles. The largest absolute Gasteiger partial charge is 0.448 e. The number of anilines is 1. The number of halogens is 3. The van der Waals surface area contributed by atoms with Crippen LogP contribution >= 0.6 is 23.2 Å². The molecule has 10 heteroatoms. The predicted molar refractivity (Wildman–Crippen MR) is 111 cm³/mol. The Labute approximate surface area is 181 Å². The molecule has 0 aliphatic carbocycles. The number of esters is 1. The van der Waals surface area contributed by atoms with Gasteiger partial charge < -0.3 is 10.1 Å². The van der Waals surface area contributed by atoms with E-state index in [1.54, 1.807) is 10.7 Å². The maximum absolute atomic E-state index is 13.1. The number of benzene rings is 1. The van der Waals surface area contributed by atoms with Crippen molar-refractivity contribution in [2.24, 2.45) is 0 Å². The van der Waals surface area contributed by atoms with Gasteiger partial charge in [-0.3, -0.25) is 4.79 Å². The van der Waals surface area contributed by atoms with Crippen LogP contribution in [0.25, 0.3) is 5.82 Å². The fraction of sp³-hybridized carbons (Fsp3) is 0.200. The van der Waals surface area contributed by atoms with Crippen LogP contribution in [0.1, 0.15) is 28.8 Å². The van der Waals surface area contributed by atoms with Crippen molar-refractivity contribution < 1.29 is 18.7 Å². The summed E-state index contributed by atoms with van der Waals surface area (Å²) in [7, 11) is 0. The number of carbonyl (C=O) groups excluding carboxylic acids is 2. The van der Waals surface area contributed by atoms with E-state index in [0.717, 1.165) is 23.5 Å². The molecule has 2 heterocycles. The van der Waals surface area contributed by atoms with Crippen molar-refractivity contribution in [3.63, 3.8) is 0 Å². The number of carbonyl (C=O) groups is 2. The van der Waals surface area contributed by atoms with Crippen molar-refractivity contribution >= 4 is 40.8 Å². The van der Waals surface area contributed by atoms with Crippen molar-refractivity contribution in [1.82, 2.24) is 14.8 Å². The van der Waals surface area contributed by atoms with Crippen LogP contribution in [0.2, 0.25) is 10.0 Å². The standard InChI is InChI=1S/C20H17Cl2FN4O3/c1-10-8-11(2)27(26-10)17-7-5-14(21)18(25-17)20(29)30-12(3)19(28)24-16-6-4-13(23)9-15(16)22/h4-9,12H,1-3H3,(H,24,28). The number of nitrogens with one attached hydrogen (secondary N) is 1. The van der Waals surface area contributed by atoms with E-state index in [1.165, 1.54) is 19.1 Å². The minimum atomic E-state index is -1.19. The van der Waals surface area contributed by atoms with Crippen LogP contribution in [0.5, 0.6) is 0 Å². The number of ether oxygens (including phenoxy) is 1. The Morgan fingerprint density at radius 3 is 2.50 bits per heavy atom. The van der Waals surface area contributed by atoms with Crippen molar-refractivity contribution in [2.75, 3.05) is 5.32 Å². The minimum Gasteiger partial charge on any atom is -0.448 e. The first-order valence-electron chi connectivity index (χ1n) is 8.83. The Hall–Kier alpha value is -2.97. The highest BCUT2D eigenvalue weighted by molar-refractivity contribution is 6.34. The van der Waals surface area contributed by atoms with E-state index in [2.05, 4.69) is 15.4 Å². The van der Waals surface area contributed by atoms with Crippen molar-refractivity contribution in [2.45, 2.75) is 26.9 Å². The van der Waals surface area contributed by atoms with Gasteiger partial charge in [0, 0.05) is 5.69 Å². The van der Waals surface area contributed by atoms with Gasteiger partial charge >= 0.3 is 5.97 Å². The summed E-state index contributed by atoms with van der Waals surface area (Å²) in [4.78, 5) is 29.1. The van der Waals surface area contributed by atoms with E-state index in [-0.39, 0.29) is 21.4 Å². The first-order chi connectivity index (χ1) is 14.2. The van der Waals surface area contributed by atoms with Gasteiger partial charge in [0.15, 0.2) is 17.6 Å². The smallest absolute Gasteiger partial charge is 0.359 e. The molecular weight excluding hydrogens is 434 g/mol. The van der Waals surface area contributed by atoms with Crippen LogP contribution in [-0.2, 0) is 9.53 Å². The summed E-state index contributed by atoms with van der Waals surface area (Å²) in [6.07, 6.45) is -1.19. The van der Waals surface area contributed by atoms with Gasteiger partial charge in [-0.2, -0.15) is 5.10 Å². The van der Waals surface area contributed by atoms with E-state index in [4.69, 9.17) is 27.9 Å². The molecule has 30 heavy (non-hydrogen) atoms. The minimum absolute atomic E-state index is 0.0178. The highest BCUT2D eigenvalue weighted by Crippen LogP contribution is 2.23. The van der Waals surface area contributed by atoms with Gasteiger partial charge in [0.1, 0.15) is 5.82 Å². The third-order valence-electron chi connectivity index (χ3n) is 4.09. The van der Waals surface area contributed by atoms with Crippen LogP contribution in [0.4, 0.5) is 10.1 Å². The van der Waals surface area contributed by atoms with Gasteiger partial charge in [-0.1, -0.05) is 23.2 Å². The van der Waals surface area contributed by atoms with Crippen LogP contribution in [-0.4, -0.2) is 32.7 Å². The lowest BCUT2D eigenvalue weighted by Crippen LogP contribution is -2.30. The molecular formula is C20H17Cl2FN4O3.